The molecule has 0 saturated heterocycles. The smallest absolute Gasteiger partial charge is 0.240 e. The molecule has 1 amide bonds. The van der Waals surface area contributed by atoms with E-state index in [9.17, 15) is 13.2 Å². The van der Waals surface area contributed by atoms with Crippen LogP contribution < -0.4 is 9.46 Å². The van der Waals surface area contributed by atoms with Gasteiger partial charge in [0, 0.05) is 13.1 Å². The van der Waals surface area contributed by atoms with Crippen molar-refractivity contribution in [1.29, 1.82) is 0 Å². The first kappa shape index (κ1) is 21.8. The zero-order valence-corrected chi connectivity index (χ0v) is 19.2. The van der Waals surface area contributed by atoms with E-state index in [1.807, 2.05) is 30.0 Å². The number of fused-ring (bicyclic) bond motifs is 1. The van der Waals surface area contributed by atoms with Gasteiger partial charge in [0.15, 0.2) is 0 Å². The first-order chi connectivity index (χ1) is 14.8. The van der Waals surface area contributed by atoms with Crippen molar-refractivity contribution in [3.63, 3.8) is 0 Å². The standard InChI is InChI=1S/C24H30N2O4S/c1-17-9-10-19(15-21(17)30-3)24(12-4-5-13-24)23(27)26-14-11-20-18(16-26)7-6-8-22(20)31(28,29)25-2/h6-10,15,25H,4-5,11-14,16H2,1-3H3. The predicted octanol–water partition coefficient (Wildman–Crippen LogP) is 3.31. The third-order valence-electron chi connectivity index (χ3n) is 6.90. The molecule has 6 nitrogen and oxygen atoms in total. The van der Waals surface area contributed by atoms with E-state index in [1.54, 1.807) is 19.2 Å². The van der Waals surface area contributed by atoms with Crippen LogP contribution in [0.1, 0.15) is 47.9 Å². The van der Waals surface area contributed by atoms with Gasteiger partial charge in [-0.05, 0) is 67.6 Å². The number of nitrogens with zero attached hydrogens (tertiary/aromatic N) is 1. The minimum Gasteiger partial charge on any atom is -0.496 e. The second-order valence-corrected chi connectivity index (χ2v) is 10.4. The molecular formula is C24H30N2O4S. The Labute approximate surface area is 184 Å². The molecule has 0 bridgehead atoms. The van der Waals surface area contributed by atoms with E-state index in [2.05, 4.69) is 10.8 Å². The van der Waals surface area contributed by atoms with E-state index in [-0.39, 0.29) is 5.91 Å². The number of ether oxygens (including phenoxy) is 1. The van der Waals surface area contributed by atoms with Crippen molar-refractivity contribution in [3.05, 3.63) is 58.7 Å². The SMILES string of the molecule is CNS(=O)(=O)c1cccc2c1CCN(C(=O)C1(c3ccc(C)c(OC)c3)CCCC1)C2. The fraction of sp³-hybridized carbons (Fsp3) is 0.458. The molecule has 1 saturated carbocycles. The number of nitrogens with one attached hydrogen (secondary N) is 1. The fourth-order valence-electron chi connectivity index (χ4n) is 5.13. The first-order valence-corrected chi connectivity index (χ1v) is 12.3. The predicted molar refractivity (Wildman–Crippen MR) is 120 cm³/mol. The summed E-state index contributed by atoms with van der Waals surface area (Å²) in [5.74, 6) is 0.950. The number of carbonyl (C=O) groups excluding carboxylic acids is 1. The van der Waals surface area contributed by atoms with Gasteiger partial charge < -0.3 is 9.64 Å². The second kappa shape index (κ2) is 8.28. The molecule has 1 aliphatic heterocycles. The van der Waals surface area contributed by atoms with Crippen LogP contribution in [0.5, 0.6) is 5.75 Å². The summed E-state index contributed by atoms with van der Waals surface area (Å²) in [6.07, 6.45) is 4.24. The lowest BCUT2D eigenvalue weighted by atomic mass is 9.76. The van der Waals surface area contributed by atoms with E-state index >= 15 is 0 Å². The van der Waals surface area contributed by atoms with E-state index in [0.717, 1.165) is 53.7 Å². The Morgan fingerprint density at radius 1 is 1.16 bits per heavy atom. The van der Waals surface area contributed by atoms with Gasteiger partial charge in [-0.1, -0.05) is 37.1 Å². The summed E-state index contributed by atoms with van der Waals surface area (Å²) < 4.78 is 32.8. The Morgan fingerprint density at radius 3 is 2.58 bits per heavy atom. The van der Waals surface area contributed by atoms with Crippen molar-refractivity contribution in [2.75, 3.05) is 20.7 Å². The van der Waals surface area contributed by atoms with E-state index in [1.165, 1.54) is 7.05 Å². The van der Waals surface area contributed by atoms with Crippen molar-refractivity contribution in [1.82, 2.24) is 9.62 Å². The summed E-state index contributed by atoms with van der Waals surface area (Å²) in [5.41, 5.74) is 3.27. The molecule has 31 heavy (non-hydrogen) atoms. The molecular weight excluding hydrogens is 412 g/mol. The van der Waals surface area contributed by atoms with Gasteiger partial charge in [-0.15, -0.1) is 0 Å². The monoisotopic (exact) mass is 442 g/mol. The average molecular weight is 443 g/mol. The molecule has 0 radical (unpaired) electrons. The summed E-state index contributed by atoms with van der Waals surface area (Å²) in [5, 5.41) is 0. The molecule has 1 N–H and O–H groups in total. The topological polar surface area (TPSA) is 75.7 Å². The first-order valence-electron chi connectivity index (χ1n) is 10.8. The zero-order chi connectivity index (χ0) is 22.2. The van der Waals surface area contributed by atoms with Crippen molar-refractivity contribution in [2.45, 2.75) is 55.9 Å². The summed E-state index contributed by atoms with van der Waals surface area (Å²) in [6, 6.07) is 11.4. The van der Waals surface area contributed by atoms with Crippen molar-refractivity contribution < 1.29 is 17.9 Å². The fourth-order valence-corrected chi connectivity index (χ4v) is 6.17. The number of hydrogen-bond donors (Lipinski definition) is 1. The molecule has 166 valence electrons. The van der Waals surface area contributed by atoms with E-state index < -0.39 is 15.4 Å². The van der Waals surface area contributed by atoms with Gasteiger partial charge >= 0.3 is 0 Å². The number of rotatable bonds is 5. The number of sulfonamides is 1. The van der Waals surface area contributed by atoms with Crippen LogP contribution in [0.2, 0.25) is 0 Å². The maximum absolute atomic E-state index is 13.9. The quantitative estimate of drug-likeness (QED) is 0.771. The van der Waals surface area contributed by atoms with Crippen LogP contribution in [0.4, 0.5) is 0 Å². The molecule has 2 aromatic rings. The van der Waals surface area contributed by atoms with Gasteiger partial charge in [0.1, 0.15) is 5.75 Å². The molecule has 4 rings (SSSR count). The van der Waals surface area contributed by atoms with Crippen LogP contribution >= 0.6 is 0 Å². The number of amides is 1. The number of benzene rings is 2. The van der Waals surface area contributed by atoms with Crippen LogP contribution in [-0.4, -0.2) is 39.9 Å². The highest BCUT2D eigenvalue weighted by Gasteiger charge is 2.45. The Bertz CT molecular complexity index is 1100. The number of methoxy groups -OCH3 is 1. The van der Waals surface area contributed by atoms with Gasteiger partial charge in [0.25, 0.3) is 0 Å². The highest BCUT2D eigenvalue weighted by molar-refractivity contribution is 7.89. The lowest BCUT2D eigenvalue weighted by Gasteiger charge is -2.38. The molecule has 2 aromatic carbocycles. The number of hydrogen-bond acceptors (Lipinski definition) is 4. The van der Waals surface area contributed by atoms with Crippen LogP contribution in [0.25, 0.3) is 0 Å². The normalized spacial score (nSPS) is 18.0. The van der Waals surface area contributed by atoms with Crippen molar-refractivity contribution in [3.8, 4) is 5.75 Å². The van der Waals surface area contributed by atoms with Gasteiger partial charge in [0.05, 0.1) is 17.4 Å². The lowest BCUT2D eigenvalue weighted by molar-refractivity contribution is -0.138. The Hall–Kier alpha value is -2.38. The lowest BCUT2D eigenvalue weighted by Crippen LogP contribution is -2.47. The third-order valence-corrected chi connectivity index (χ3v) is 8.39. The molecule has 7 heteroatoms. The summed E-state index contributed by atoms with van der Waals surface area (Å²) in [6.45, 7) is 2.96. The largest absolute Gasteiger partial charge is 0.496 e. The minimum absolute atomic E-state index is 0.142. The van der Waals surface area contributed by atoms with Crippen LogP contribution in [0, 0.1) is 6.92 Å². The molecule has 0 unspecified atom stereocenters. The molecule has 1 heterocycles. The number of aryl methyl sites for hydroxylation is 1. The van der Waals surface area contributed by atoms with Crippen LogP contribution in [0.15, 0.2) is 41.3 Å². The Kier molecular flexibility index (Phi) is 5.83. The molecule has 2 aliphatic rings. The van der Waals surface area contributed by atoms with Crippen molar-refractivity contribution in [2.24, 2.45) is 0 Å². The van der Waals surface area contributed by atoms with E-state index in [4.69, 9.17) is 4.74 Å². The average Bonchev–Trinajstić information content (AvgIpc) is 3.29. The summed E-state index contributed by atoms with van der Waals surface area (Å²) in [4.78, 5) is 16.1. The van der Waals surface area contributed by atoms with Gasteiger partial charge in [-0.3, -0.25) is 4.79 Å². The molecule has 1 aliphatic carbocycles. The molecule has 1 fully saturated rings. The highest BCUT2D eigenvalue weighted by atomic mass is 32.2. The van der Waals surface area contributed by atoms with E-state index in [0.29, 0.717) is 24.4 Å². The third kappa shape index (κ3) is 3.74. The Balaban J connectivity index is 1.68. The molecule has 0 spiro atoms. The van der Waals surface area contributed by atoms with Crippen LogP contribution in [-0.2, 0) is 33.2 Å². The van der Waals surface area contributed by atoms with Gasteiger partial charge in [0.2, 0.25) is 15.9 Å². The molecule has 0 atom stereocenters. The zero-order valence-electron chi connectivity index (χ0n) is 18.4. The minimum atomic E-state index is -3.53. The van der Waals surface area contributed by atoms with Crippen molar-refractivity contribution >= 4 is 15.9 Å². The second-order valence-electron chi connectivity index (χ2n) is 8.55. The summed E-state index contributed by atoms with van der Waals surface area (Å²) in [7, 11) is -0.443. The van der Waals surface area contributed by atoms with Crippen LogP contribution in [0.3, 0.4) is 0 Å². The number of carbonyl (C=O) groups is 1. The summed E-state index contributed by atoms with van der Waals surface area (Å²) >= 11 is 0. The molecule has 0 aromatic heterocycles. The van der Waals surface area contributed by atoms with Gasteiger partial charge in [-0.25, -0.2) is 13.1 Å². The maximum atomic E-state index is 13.9. The Morgan fingerprint density at radius 2 is 1.90 bits per heavy atom. The maximum Gasteiger partial charge on any atom is 0.240 e. The highest BCUT2D eigenvalue weighted by Crippen LogP contribution is 2.44. The van der Waals surface area contributed by atoms with Gasteiger partial charge in [-0.2, -0.15) is 0 Å².